The minimum Gasteiger partial charge on any atom is -0.384 e. The summed E-state index contributed by atoms with van der Waals surface area (Å²) in [7, 11) is 1.86. The summed E-state index contributed by atoms with van der Waals surface area (Å²) in [6.07, 6.45) is 23.8. The van der Waals surface area contributed by atoms with Gasteiger partial charge in [0, 0.05) is 13.7 Å². The van der Waals surface area contributed by atoms with E-state index >= 15 is 0 Å². The average molecular weight is 337 g/mol. The maximum absolute atomic E-state index is 5.35. The lowest BCUT2D eigenvalue weighted by Crippen LogP contribution is -2.27. The molecular formula is C23H44O. The fourth-order valence-electron chi connectivity index (χ4n) is 5.40. The first-order chi connectivity index (χ1) is 11.8. The summed E-state index contributed by atoms with van der Waals surface area (Å²) in [5, 5.41) is 0. The Bertz CT molecular complexity index is 284. The molecule has 0 amide bonds. The number of hydrogen-bond donors (Lipinski definition) is 0. The highest BCUT2D eigenvalue weighted by Gasteiger charge is 2.30. The zero-order chi connectivity index (χ0) is 17.0. The third-order valence-corrected chi connectivity index (χ3v) is 7.07. The zero-order valence-corrected chi connectivity index (χ0v) is 16.7. The van der Waals surface area contributed by atoms with Gasteiger partial charge in [0.2, 0.25) is 0 Å². The molecule has 2 fully saturated rings. The zero-order valence-electron chi connectivity index (χ0n) is 16.7. The molecule has 2 aliphatic carbocycles. The Morgan fingerprint density at radius 2 is 1.12 bits per heavy atom. The van der Waals surface area contributed by atoms with Crippen molar-refractivity contribution in [1.29, 1.82) is 0 Å². The standard InChI is InChI=1S/C23H44O/c1-3-4-5-6-7-8-9-10-20-11-15-22(16-12-20)23-17-13-21(14-18-23)19-24-2/h20-23H,3-19H2,1-2H3. The van der Waals surface area contributed by atoms with Gasteiger partial charge < -0.3 is 4.74 Å². The predicted molar refractivity (Wildman–Crippen MR) is 105 cm³/mol. The molecule has 2 rings (SSSR count). The van der Waals surface area contributed by atoms with Crippen molar-refractivity contribution in [2.24, 2.45) is 23.7 Å². The molecule has 0 aliphatic heterocycles. The third kappa shape index (κ3) is 7.46. The number of hydrogen-bond acceptors (Lipinski definition) is 1. The lowest BCUT2D eigenvalue weighted by molar-refractivity contribution is 0.0925. The van der Waals surface area contributed by atoms with Gasteiger partial charge >= 0.3 is 0 Å². The fraction of sp³-hybridized carbons (Fsp3) is 1.00. The molecule has 2 saturated carbocycles. The van der Waals surface area contributed by atoms with Crippen LogP contribution in [0.25, 0.3) is 0 Å². The first-order valence-electron chi connectivity index (χ1n) is 11.3. The number of ether oxygens (including phenoxy) is 1. The molecule has 0 saturated heterocycles. The van der Waals surface area contributed by atoms with E-state index < -0.39 is 0 Å². The normalized spacial score (nSPS) is 31.2. The molecule has 0 aromatic carbocycles. The van der Waals surface area contributed by atoms with Gasteiger partial charge in [-0.1, -0.05) is 71.1 Å². The molecule has 24 heavy (non-hydrogen) atoms. The molecule has 0 aromatic heterocycles. The number of methoxy groups -OCH3 is 1. The Kier molecular flexibility index (Phi) is 10.4. The Balaban J connectivity index is 1.49. The van der Waals surface area contributed by atoms with Crippen molar-refractivity contribution >= 4 is 0 Å². The third-order valence-electron chi connectivity index (χ3n) is 7.07. The van der Waals surface area contributed by atoms with Gasteiger partial charge in [-0.2, -0.15) is 0 Å². The summed E-state index contributed by atoms with van der Waals surface area (Å²) >= 11 is 0. The molecule has 1 nitrogen and oxygen atoms in total. The number of rotatable bonds is 11. The minimum absolute atomic E-state index is 0.861. The summed E-state index contributed by atoms with van der Waals surface area (Å²) in [6, 6.07) is 0. The Morgan fingerprint density at radius 1 is 0.625 bits per heavy atom. The number of unbranched alkanes of at least 4 members (excludes halogenated alkanes) is 6. The van der Waals surface area contributed by atoms with E-state index in [4.69, 9.17) is 4.74 Å². The summed E-state index contributed by atoms with van der Waals surface area (Å²) in [4.78, 5) is 0. The van der Waals surface area contributed by atoms with E-state index in [9.17, 15) is 0 Å². The van der Waals surface area contributed by atoms with Crippen molar-refractivity contribution in [2.45, 2.75) is 110 Å². The summed E-state index contributed by atoms with van der Waals surface area (Å²) in [5.41, 5.74) is 0. The first kappa shape index (κ1) is 20.3. The first-order valence-corrected chi connectivity index (χ1v) is 11.3. The largest absolute Gasteiger partial charge is 0.384 e. The molecule has 2 aliphatic rings. The lowest BCUT2D eigenvalue weighted by Gasteiger charge is -2.37. The van der Waals surface area contributed by atoms with Crippen LogP contribution in [0.5, 0.6) is 0 Å². The second-order valence-electron chi connectivity index (χ2n) is 8.93. The van der Waals surface area contributed by atoms with Gasteiger partial charge in [0.05, 0.1) is 0 Å². The van der Waals surface area contributed by atoms with Crippen molar-refractivity contribution in [3.05, 3.63) is 0 Å². The highest BCUT2D eigenvalue weighted by atomic mass is 16.5. The van der Waals surface area contributed by atoms with Gasteiger partial charge in [-0.25, -0.2) is 0 Å². The van der Waals surface area contributed by atoms with Crippen LogP contribution >= 0.6 is 0 Å². The average Bonchev–Trinajstić information content (AvgIpc) is 2.62. The minimum atomic E-state index is 0.861. The monoisotopic (exact) mass is 336 g/mol. The second kappa shape index (κ2) is 12.3. The van der Waals surface area contributed by atoms with Gasteiger partial charge in [0.25, 0.3) is 0 Å². The van der Waals surface area contributed by atoms with Crippen LogP contribution in [0.4, 0.5) is 0 Å². The van der Waals surface area contributed by atoms with Crippen molar-refractivity contribution in [3.63, 3.8) is 0 Å². The molecule has 0 unspecified atom stereocenters. The van der Waals surface area contributed by atoms with Crippen LogP contribution in [-0.2, 0) is 4.74 Å². The van der Waals surface area contributed by atoms with Crippen LogP contribution in [0.3, 0.4) is 0 Å². The van der Waals surface area contributed by atoms with Crippen molar-refractivity contribution in [1.82, 2.24) is 0 Å². The summed E-state index contributed by atoms with van der Waals surface area (Å²) in [5.74, 6) is 4.05. The fourth-order valence-corrected chi connectivity index (χ4v) is 5.40. The summed E-state index contributed by atoms with van der Waals surface area (Å²) in [6.45, 7) is 3.31. The highest BCUT2D eigenvalue weighted by molar-refractivity contribution is 4.82. The van der Waals surface area contributed by atoms with Crippen LogP contribution < -0.4 is 0 Å². The highest BCUT2D eigenvalue weighted by Crippen LogP contribution is 2.42. The van der Waals surface area contributed by atoms with Crippen molar-refractivity contribution in [3.8, 4) is 0 Å². The topological polar surface area (TPSA) is 9.23 Å². The molecule has 0 atom stereocenters. The van der Waals surface area contributed by atoms with E-state index in [0.717, 1.165) is 30.3 Å². The molecule has 0 radical (unpaired) electrons. The maximum Gasteiger partial charge on any atom is 0.0490 e. The van der Waals surface area contributed by atoms with Crippen LogP contribution in [0.2, 0.25) is 0 Å². The molecule has 0 aromatic rings. The van der Waals surface area contributed by atoms with E-state index in [1.54, 1.807) is 25.7 Å². The smallest absolute Gasteiger partial charge is 0.0490 e. The molecule has 0 bridgehead atoms. The van der Waals surface area contributed by atoms with Gasteiger partial charge in [0.15, 0.2) is 0 Å². The molecule has 142 valence electrons. The second-order valence-corrected chi connectivity index (χ2v) is 8.93. The Hall–Kier alpha value is -0.0400. The molecule has 0 N–H and O–H groups in total. The Labute approximate surface area is 152 Å². The van der Waals surface area contributed by atoms with E-state index in [0.29, 0.717) is 0 Å². The molecule has 1 heteroatoms. The molecular weight excluding hydrogens is 292 g/mol. The SMILES string of the molecule is CCCCCCCCCC1CCC(C2CCC(COC)CC2)CC1. The lowest BCUT2D eigenvalue weighted by atomic mass is 9.69. The predicted octanol–water partition coefficient (Wildman–Crippen LogP) is 7.39. The van der Waals surface area contributed by atoms with E-state index in [1.807, 2.05) is 7.11 Å². The maximum atomic E-state index is 5.35. The van der Waals surface area contributed by atoms with Crippen molar-refractivity contribution < 1.29 is 4.74 Å². The molecule has 0 spiro atoms. The van der Waals surface area contributed by atoms with Crippen LogP contribution in [0.1, 0.15) is 110 Å². The van der Waals surface area contributed by atoms with Gasteiger partial charge in [-0.15, -0.1) is 0 Å². The van der Waals surface area contributed by atoms with Gasteiger partial charge in [0.1, 0.15) is 0 Å². The van der Waals surface area contributed by atoms with Crippen LogP contribution in [-0.4, -0.2) is 13.7 Å². The van der Waals surface area contributed by atoms with Crippen LogP contribution in [0, 0.1) is 23.7 Å². The van der Waals surface area contributed by atoms with Crippen molar-refractivity contribution in [2.75, 3.05) is 13.7 Å². The van der Waals surface area contributed by atoms with E-state index in [1.165, 1.54) is 77.0 Å². The summed E-state index contributed by atoms with van der Waals surface area (Å²) < 4.78 is 5.35. The van der Waals surface area contributed by atoms with E-state index in [-0.39, 0.29) is 0 Å². The van der Waals surface area contributed by atoms with Crippen LogP contribution in [0.15, 0.2) is 0 Å². The quantitative estimate of drug-likeness (QED) is 0.357. The van der Waals surface area contributed by atoms with Gasteiger partial charge in [-0.3, -0.25) is 0 Å². The van der Waals surface area contributed by atoms with Gasteiger partial charge in [-0.05, 0) is 62.2 Å². The van der Waals surface area contributed by atoms with E-state index in [2.05, 4.69) is 6.92 Å². The Morgan fingerprint density at radius 3 is 1.67 bits per heavy atom. The molecule has 0 heterocycles.